The van der Waals surface area contributed by atoms with Gasteiger partial charge in [0.2, 0.25) is 6.79 Å². The van der Waals surface area contributed by atoms with E-state index in [2.05, 4.69) is 0 Å². The largest absolute Gasteiger partial charge is 0.427 e. The maximum Gasteiger partial charge on any atom is 0.341 e. The Labute approximate surface area is 106 Å². The van der Waals surface area contributed by atoms with Crippen LogP contribution in [0.2, 0.25) is 0 Å². The summed E-state index contributed by atoms with van der Waals surface area (Å²) in [5, 5.41) is 0. The van der Waals surface area contributed by atoms with Gasteiger partial charge in [-0.25, -0.2) is 4.79 Å². The summed E-state index contributed by atoms with van der Waals surface area (Å²) >= 11 is 0. The molecule has 0 aromatic heterocycles. The van der Waals surface area contributed by atoms with Crippen LogP contribution in [0.15, 0.2) is 24.3 Å². The summed E-state index contributed by atoms with van der Waals surface area (Å²) in [6, 6.07) is 6.38. The molecule has 0 fully saturated rings. The summed E-state index contributed by atoms with van der Waals surface area (Å²) < 4.78 is 9.63. The van der Waals surface area contributed by atoms with E-state index >= 15 is 0 Å². The minimum Gasteiger partial charge on any atom is -0.427 e. The minimum atomic E-state index is -0.621. The quantitative estimate of drug-likeness (QED) is 0.505. The highest BCUT2D eigenvalue weighted by atomic mass is 16.7. The van der Waals surface area contributed by atoms with Gasteiger partial charge in [-0.1, -0.05) is 6.07 Å². The molecule has 0 amide bonds. The SMILES string of the molecule is CC(C)(C)C(=O)OCOC(=O)c1cccc(N)c1. The molecule has 0 atom stereocenters. The van der Waals surface area contributed by atoms with Gasteiger partial charge in [-0.05, 0) is 39.0 Å². The number of carbonyl (C=O) groups excluding carboxylic acids is 2. The summed E-state index contributed by atoms with van der Waals surface area (Å²) in [5.41, 5.74) is 5.71. The first kappa shape index (κ1) is 14.0. The summed E-state index contributed by atoms with van der Waals surface area (Å²) in [4.78, 5) is 23.0. The third kappa shape index (κ3) is 4.08. The number of benzene rings is 1. The van der Waals surface area contributed by atoms with Gasteiger partial charge < -0.3 is 15.2 Å². The average Bonchev–Trinajstić information content (AvgIpc) is 2.27. The predicted octanol–water partition coefficient (Wildman–Crippen LogP) is 1.97. The third-order valence-electron chi connectivity index (χ3n) is 2.11. The molecule has 0 radical (unpaired) electrons. The zero-order valence-corrected chi connectivity index (χ0v) is 10.7. The van der Waals surface area contributed by atoms with Crippen LogP contribution in [-0.4, -0.2) is 18.7 Å². The topological polar surface area (TPSA) is 78.6 Å². The molecule has 1 rings (SSSR count). The summed E-state index contributed by atoms with van der Waals surface area (Å²) in [6.07, 6.45) is 0. The lowest BCUT2D eigenvalue weighted by Crippen LogP contribution is -2.24. The molecule has 0 aliphatic carbocycles. The fraction of sp³-hybridized carbons (Fsp3) is 0.385. The van der Waals surface area contributed by atoms with Crippen molar-refractivity contribution in [2.75, 3.05) is 12.5 Å². The normalized spacial score (nSPS) is 10.8. The number of nitrogen functional groups attached to an aromatic ring is 1. The van der Waals surface area contributed by atoms with Gasteiger partial charge in [-0.3, -0.25) is 4.79 Å². The molecule has 1 aromatic rings. The second-order valence-electron chi connectivity index (χ2n) is 4.86. The van der Waals surface area contributed by atoms with E-state index in [1.54, 1.807) is 39.0 Å². The monoisotopic (exact) mass is 251 g/mol. The molecule has 5 heteroatoms. The Morgan fingerprint density at radius 1 is 1.22 bits per heavy atom. The Bertz CT molecular complexity index is 449. The van der Waals surface area contributed by atoms with Crippen LogP contribution in [0.4, 0.5) is 5.69 Å². The van der Waals surface area contributed by atoms with E-state index in [4.69, 9.17) is 15.2 Å². The van der Waals surface area contributed by atoms with Gasteiger partial charge in [-0.15, -0.1) is 0 Å². The van der Waals surface area contributed by atoms with Crippen LogP contribution >= 0.6 is 0 Å². The molecule has 18 heavy (non-hydrogen) atoms. The van der Waals surface area contributed by atoms with Gasteiger partial charge in [0.05, 0.1) is 11.0 Å². The second kappa shape index (κ2) is 5.53. The molecule has 0 heterocycles. The second-order valence-corrected chi connectivity index (χ2v) is 4.86. The van der Waals surface area contributed by atoms with Gasteiger partial charge in [0.25, 0.3) is 0 Å². The number of hydrogen-bond donors (Lipinski definition) is 1. The van der Waals surface area contributed by atoms with Gasteiger partial charge in [-0.2, -0.15) is 0 Å². The fourth-order valence-corrected chi connectivity index (χ4v) is 1.10. The highest BCUT2D eigenvalue weighted by Gasteiger charge is 2.23. The molecule has 5 nitrogen and oxygen atoms in total. The number of anilines is 1. The van der Waals surface area contributed by atoms with Crippen molar-refractivity contribution in [2.45, 2.75) is 20.8 Å². The molecule has 98 valence electrons. The smallest absolute Gasteiger partial charge is 0.341 e. The Morgan fingerprint density at radius 3 is 2.44 bits per heavy atom. The number of hydrogen-bond acceptors (Lipinski definition) is 5. The lowest BCUT2D eigenvalue weighted by Gasteiger charge is -2.16. The average molecular weight is 251 g/mol. The molecule has 1 aromatic carbocycles. The number of esters is 2. The van der Waals surface area contributed by atoms with Gasteiger partial charge >= 0.3 is 11.9 Å². The van der Waals surface area contributed by atoms with E-state index in [9.17, 15) is 9.59 Å². The molecule has 0 saturated carbocycles. The van der Waals surface area contributed by atoms with E-state index in [1.165, 1.54) is 6.07 Å². The molecule has 0 unspecified atom stereocenters. The Morgan fingerprint density at radius 2 is 1.89 bits per heavy atom. The van der Waals surface area contributed by atoms with E-state index in [1.807, 2.05) is 0 Å². The Kier molecular flexibility index (Phi) is 4.31. The molecule has 0 aliphatic rings. The first-order valence-electron chi connectivity index (χ1n) is 5.50. The lowest BCUT2D eigenvalue weighted by atomic mass is 9.98. The molecule has 0 aliphatic heterocycles. The zero-order chi connectivity index (χ0) is 13.8. The fourth-order valence-electron chi connectivity index (χ4n) is 1.10. The minimum absolute atomic E-state index is 0.321. The van der Waals surface area contributed by atoms with Crippen LogP contribution in [0.1, 0.15) is 31.1 Å². The van der Waals surface area contributed by atoms with Crippen molar-refractivity contribution in [3.8, 4) is 0 Å². The van der Waals surface area contributed by atoms with Gasteiger partial charge in [0.1, 0.15) is 0 Å². The van der Waals surface area contributed by atoms with E-state index in [0.29, 0.717) is 11.3 Å². The van der Waals surface area contributed by atoms with Crippen LogP contribution < -0.4 is 5.73 Å². The lowest BCUT2D eigenvalue weighted by molar-refractivity contribution is -0.161. The van der Waals surface area contributed by atoms with Crippen molar-refractivity contribution in [1.29, 1.82) is 0 Å². The molecule has 0 bridgehead atoms. The maximum atomic E-state index is 11.6. The Balaban J connectivity index is 2.46. The summed E-state index contributed by atoms with van der Waals surface area (Å²) in [7, 11) is 0. The summed E-state index contributed by atoms with van der Waals surface area (Å²) in [6.45, 7) is 4.75. The highest BCUT2D eigenvalue weighted by Crippen LogP contribution is 2.15. The predicted molar refractivity (Wildman–Crippen MR) is 66.7 cm³/mol. The molecular formula is C13H17NO4. The van der Waals surface area contributed by atoms with E-state index in [0.717, 1.165) is 0 Å². The maximum absolute atomic E-state index is 11.6. The van der Waals surface area contributed by atoms with E-state index < -0.39 is 24.1 Å². The van der Waals surface area contributed by atoms with Crippen LogP contribution in [-0.2, 0) is 14.3 Å². The van der Waals surface area contributed by atoms with Crippen LogP contribution in [0, 0.1) is 5.41 Å². The Hall–Kier alpha value is -2.04. The summed E-state index contributed by atoms with van der Waals surface area (Å²) in [5.74, 6) is -1.01. The van der Waals surface area contributed by atoms with Crippen molar-refractivity contribution in [3.63, 3.8) is 0 Å². The third-order valence-corrected chi connectivity index (χ3v) is 2.11. The van der Waals surface area contributed by atoms with Crippen LogP contribution in [0.25, 0.3) is 0 Å². The van der Waals surface area contributed by atoms with Gasteiger partial charge in [0.15, 0.2) is 0 Å². The molecule has 0 saturated heterocycles. The number of rotatable bonds is 3. The van der Waals surface area contributed by atoms with Crippen LogP contribution in [0.5, 0.6) is 0 Å². The van der Waals surface area contributed by atoms with E-state index in [-0.39, 0.29) is 0 Å². The van der Waals surface area contributed by atoms with Crippen LogP contribution in [0.3, 0.4) is 0 Å². The number of carbonyl (C=O) groups is 2. The van der Waals surface area contributed by atoms with Gasteiger partial charge in [0, 0.05) is 5.69 Å². The molecular weight excluding hydrogens is 234 g/mol. The number of nitrogens with two attached hydrogens (primary N) is 1. The van der Waals surface area contributed by atoms with Crippen molar-refractivity contribution >= 4 is 17.6 Å². The first-order valence-corrected chi connectivity index (χ1v) is 5.50. The molecule has 0 spiro atoms. The standard InChI is InChI=1S/C13H17NO4/c1-13(2,3)12(16)18-8-17-11(15)9-5-4-6-10(14)7-9/h4-7H,8,14H2,1-3H3. The van der Waals surface area contributed by atoms with Crippen molar-refractivity contribution in [2.24, 2.45) is 5.41 Å². The highest BCUT2D eigenvalue weighted by molar-refractivity contribution is 5.90. The van der Waals surface area contributed by atoms with Crippen molar-refractivity contribution < 1.29 is 19.1 Å². The first-order chi connectivity index (χ1) is 8.30. The van der Waals surface area contributed by atoms with Crippen molar-refractivity contribution in [1.82, 2.24) is 0 Å². The molecule has 2 N–H and O–H groups in total. The number of ether oxygens (including phenoxy) is 2. The zero-order valence-electron chi connectivity index (χ0n) is 10.7. The van der Waals surface area contributed by atoms with Crippen molar-refractivity contribution in [3.05, 3.63) is 29.8 Å².